The van der Waals surface area contributed by atoms with Crippen molar-refractivity contribution in [2.45, 2.75) is 32.5 Å². The zero-order chi connectivity index (χ0) is 17.0. The topological polar surface area (TPSA) is 46.9 Å². The van der Waals surface area contributed by atoms with Gasteiger partial charge in [-0.3, -0.25) is 9.48 Å². The van der Waals surface area contributed by atoms with Crippen LogP contribution < -0.4 is 5.32 Å². The SMILES string of the molecule is CCn1ncc(C(=O)NC[C@H](C)c2ccccc2)c1C(F)(F)F. The van der Waals surface area contributed by atoms with Crippen LogP contribution in [0, 0.1) is 0 Å². The molecule has 0 unspecified atom stereocenters. The second-order valence-electron chi connectivity index (χ2n) is 5.24. The third kappa shape index (κ3) is 3.91. The number of hydrogen-bond acceptors (Lipinski definition) is 2. The van der Waals surface area contributed by atoms with Gasteiger partial charge >= 0.3 is 6.18 Å². The molecule has 0 aliphatic heterocycles. The molecule has 1 N–H and O–H groups in total. The highest BCUT2D eigenvalue weighted by Gasteiger charge is 2.39. The number of nitrogens with one attached hydrogen (secondary N) is 1. The van der Waals surface area contributed by atoms with Crippen LogP contribution in [0.15, 0.2) is 36.5 Å². The second kappa shape index (κ2) is 6.85. The van der Waals surface area contributed by atoms with E-state index in [4.69, 9.17) is 0 Å². The Labute approximate surface area is 132 Å². The van der Waals surface area contributed by atoms with Gasteiger partial charge in [0.25, 0.3) is 5.91 Å². The van der Waals surface area contributed by atoms with E-state index in [9.17, 15) is 18.0 Å². The van der Waals surface area contributed by atoms with Gasteiger partial charge in [0.15, 0.2) is 5.69 Å². The van der Waals surface area contributed by atoms with Gasteiger partial charge in [0.2, 0.25) is 0 Å². The van der Waals surface area contributed by atoms with Crippen molar-refractivity contribution in [1.29, 1.82) is 0 Å². The number of halogens is 3. The summed E-state index contributed by atoms with van der Waals surface area (Å²) < 4.78 is 40.1. The highest BCUT2D eigenvalue weighted by atomic mass is 19.4. The van der Waals surface area contributed by atoms with Crippen LogP contribution in [-0.4, -0.2) is 22.2 Å². The van der Waals surface area contributed by atoms with Crippen LogP contribution in [0.2, 0.25) is 0 Å². The van der Waals surface area contributed by atoms with Gasteiger partial charge in [-0.1, -0.05) is 37.3 Å². The normalized spacial score (nSPS) is 12.9. The van der Waals surface area contributed by atoms with Gasteiger partial charge in [-0.2, -0.15) is 18.3 Å². The fourth-order valence-electron chi connectivity index (χ4n) is 2.33. The number of nitrogens with zero attached hydrogens (tertiary/aromatic N) is 2. The predicted octanol–water partition coefficient (Wildman–Crippen LogP) is 3.46. The maximum absolute atomic E-state index is 13.1. The molecule has 1 atom stereocenters. The summed E-state index contributed by atoms with van der Waals surface area (Å²) in [4.78, 5) is 12.1. The summed E-state index contributed by atoms with van der Waals surface area (Å²) in [5, 5.41) is 6.20. The van der Waals surface area contributed by atoms with Crippen molar-refractivity contribution >= 4 is 5.91 Å². The number of hydrogen-bond donors (Lipinski definition) is 1. The Kier molecular flexibility index (Phi) is 5.08. The summed E-state index contributed by atoms with van der Waals surface area (Å²) in [6, 6.07) is 9.45. The molecule has 0 saturated carbocycles. The monoisotopic (exact) mass is 325 g/mol. The molecule has 7 heteroatoms. The van der Waals surface area contributed by atoms with E-state index >= 15 is 0 Å². The summed E-state index contributed by atoms with van der Waals surface area (Å²) in [6.07, 6.45) is -3.65. The van der Waals surface area contributed by atoms with Crippen molar-refractivity contribution in [3.63, 3.8) is 0 Å². The first-order valence-corrected chi connectivity index (χ1v) is 7.30. The molecule has 0 fully saturated rings. The van der Waals surface area contributed by atoms with Crippen molar-refractivity contribution in [2.75, 3.05) is 6.54 Å². The number of aryl methyl sites for hydroxylation is 1. The molecule has 1 heterocycles. The molecule has 1 aromatic carbocycles. The van der Waals surface area contributed by atoms with Crippen molar-refractivity contribution in [3.05, 3.63) is 53.3 Å². The highest BCUT2D eigenvalue weighted by molar-refractivity contribution is 5.95. The molecule has 0 aliphatic rings. The second-order valence-corrected chi connectivity index (χ2v) is 5.24. The lowest BCUT2D eigenvalue weighted by Crippen LogP contribution is -2.29. The fourth-order valence-corrected chi connectivity index (χ4v) is 2.33. The molecule has 0 radical (unpaired) electrons. The molecule has 1 amide bonds. The quantitative estimate of drug-likeness (QED) is 0.915. The van der Waals surface area contributed by atoms with Crippen LogP contribution in [0.3, 0.4) is 0 Å². The largest absolute Gasteiger partial charge is 0.433 e. The third-order valence-corrected chi connectivity index (χ3v) is 3.59. The Hall–Kier alpha value is -2.31. The van der Waals surface area contributed by atoms with Gasteiger partial charge < -0.3 is 5.32 Å². The molecule has 2 rings (SSSR count). The van der Waals surface area contributed by atoms with Crippen LogP contribution in [-0.2, 0) is 12.7 Å². The number of carbonyl (C=O) groups is 1. The first-order valence-electron chi connectivity index (χ1n) is 7.30. The first kappa shape index (κ1) is 17.1. The third-order valence-electron chi connectivity index (χ3n) is 3.59. The van der Waals surface area contributed by atoms with Gasteiger partial charge in [0, 0.05) is 13.1 Å². The van der Waals surface area contributed by atoms with E-state index in [1.807, 2.05) is 37.3 Å². The molecule has 1 aromatic heterocycles. The van der Waals surface area contributed by atoms with E-state index in [0.29, 0.717) is 0 Å². The van der Waals surface area contributed by atoms with E-state index in [0.717, 1.165) is 16.4 Å². The van der Waals surface area contributed by atoms with E-state index < -0.39 is 23.3 Å². The Balaban J connectivity index is 2.11. The van der Waals surface area contributed by atoms with Crippen molar-refractivity contribution in [3.8, 4) is 0 Å². The minimum Gasteiger partial charge on any atom is -0.351 e. The molecule has 0 spiro atoms. The molecular formula is C16H18F3N3O. The van der Waals surface area contributed by atoms with Crippen LogP contribution in [0.1, 0.15) is 41.4 Å². The number of aromatic nitrogens is 2. The average molecular weight is 325 g/mol. The highest BCUT2D eigenvalue weighted by Crippen LogP contribution is 2.32. The molecule has 124 valence electrons. The minimum atomic E-state index is -4.62. The van der Waals surface area contributed by atoms with Crippen molar-refractivity contribution in [2.24, 2.45) is 0 Å². The molecule has 23 heavy (non-hydrogen) atoms. The summed E-state index contributed by atoms with van der Waals surface area (Å²) >= 11 is 0. The van der Waals surface area contributed by atoms with Gasteiger partial charge in [-0.05, 0) is 18.4 Å². The number of alkyl halides is 3. The lowest BCUT2D eigenvalue weighted by atomic mass is 10.0. The van der Waals surface area contributed by atoms with E-state index in [1.165, 1.54) is 0 Å². The average Bonchev–Trinajstić information content (AvgIpc) is 2.97. The van der Waals surface area contributed by atoms with Gasteiger partial charge in [0.05, 0.1) is 11.8 Å². The molecular weight excluding hydrogens is 307 g/mol. The zero-order valence-electron chi connectivity index (χ0n) is 12.9. The Morgan fingerprint density at radius 1 is 1.30 bits per heavy atom. The molecule has 4 nitrogen and oxygen atoms in total. The Morgan fingerprint density at radius 3 is 2.52 bits per heavy atom. The predicted molar refractivity (Wildman–Crippen MR) is 80.1 cm³/mol. The fraction of sp³-hybridized carbons (Fsp3) is 0.375. The lowest BCUT2D eigenvalue weighted by molar-refractivity contribution is -0.144. The molecule has 2 aromatic rings. The van der Waals surface area contributed by atoms with Gasteiger partial charge in [0.1, 0.15) is 0 Å². The van der Waals surface area contributed by atoms with E-state index in [1.54, 1.807) is 6.92 Å². The lowest BCUT2D eigenvalue weighted by Gasteiger charge is -2.14. The summed E-state index contributed by atoms with van der Waals surface area (Å²) in [5.41, 5.74) is -0.447. The number of rotatable bonds is 5. The molecule has 0 saturated heterocycles. The van der Waals surface area contributed by atoms with Crippen LogP contribution >= 0.6 is 0 Å². The number of amides is 1. The van der Waals surface area contributed by atoms with Crippen LogP contribution in [0.25, 0.3) is 0 Å². The zero-order valence-corrected chi connectivity index (χ0v) is 12.9. The summed E-state index contributed by atoms with van der Waals surface area (Å²) in [5.74, 6) is -0.768. The number of carbonyl (C=O) groups excluding carboxylic acids is 1. The smallest absolute Gasteiger partial charge is 0.351 e. The van der Waals surface area contributed by atoms with E-state index in [-0.39, 0.29) is 19.0 Å². The van der Waals surface area contributed by atoms with Crippen LogP contribution in [0.4, 0.5) is 13.2 Å². The van der Waals surface area contributed by atoms with Gasteiger partial charge in [-0.15, -0.1) is 0 Å². The molecule has 0 bridgehead atoms. The Morgan fingerprint density at radius 2 is 1.96 bits per heavy atom. The van der Waals surface area contributed by atoms with Crippen LogP contribution in [0.5, 0.6) is 0 Å². The maximum Gasteiger partial charge on any atom is 0.433 e. The standard InChI is InChI=1S/C16H18F3N3O/c1-3-22-14(16(17,18)19)13(10-21-22)15(23)20-9-11(2)12-7-5-4-6-8-12/h4-8,10-11H,3,9H2,1-2H3,(H,20,23)/t11-/m0/s1. The van der Waals surface area contributed by atoms with E-state index in [2.05, 4.69) is 10.4 Å². The first-order chi connectivity index (χ1) is 10.8. The summed E-state index contributed by atoms with van der Waals surface area (Å²) in [7, 11) is 0. The summed E-state index contributed by atoms with van der Waals surface area (Å²) in [6.45, 7) is 3.73. The minimum absolute atomic E-state index is 0.00398. The Bertz CT molecular complexity index is 665. The molecule has 0 aliphatic carbocycles. The van der Waals surface area contributed by atoms with Gasteiger partial charge in [-0.25, -0.2) is 0 Å². The van der Waals surface area contributed by atoms with Crippen molar-refractivity contribution in [1.82, 2.24) is 15.1 Å². The van der Waals surface area contributed by atoms with Crippen molar-refractivity contribution < 1.29 is 18.0 Å². The number of benzene rings is 1. The maximum atomic E-state index is 13.1.